The number of carbonyl (C=O) groups excluding carboxylic acids is 1. The molecule has 0 unspecified atom stereocenters. The monoisotopic (exact) mass is 391 g/mol. The van der Waals surface area contributed by atoms with Gasteiger partial charge in [0.2, 0.25) is 0 Å². The van der Waals surface area contributed by atoms with E-state index in [0.717, 1.165) is 16.8 Å². The molecule has 0 radical (unpaired) electrons. The molecule has 3 heterocycles. The maximum Gasteiger partial charge on any atom is 0.306 e. The van der Waals surface area contributed by atoms with E-state index in [1.165, 1.54) is 23.3 Å². The molecule has 1 amide bonds. The van der Waals surface area contributed by atoms with Crippen molar-refractivity contribution >= 4 is 17.2 Å². The molecule has 0 aliphatic carbocycles. The standard InChI is InChI=1S/C19H17N7O3/c1-13-2-4-14(5-3-13)17-6-7-20-18-16(11-23-25(17)18)19(27)21-8-9-24-12-15(10-22-24)26(28)29/h2-7,10-12H,8-9H2,1H3,(H,21,27). The van der Waals surface area contributed by atoms with Crippen LogP contribution in [-0.2, 0) is 6.54 Å². The van der Waals surface area contributed by atoms with Crippen LogP contribution >= 0.6 is 0 Å². The number of nitro groups is 1. The van der Waals surface area contributed by atoms with E-state index in [-0.39, 0.29) is 18.1 Å². The second kappa shape index (κ2) is 7.50. The van der Waals surface area contributed by atoms with E-state index in [1.54, 1.807) is 10.7 Å². The zero-order valence-corrected chi connectivity index (χ0v) is 15.5. The van der Waals surface area contributed by atoms with Crippen LogP contribution in [-0.4, -0.2) is 41.8 Å². The molecule has 29 heavy (non-hydrogen) atoms. The molecule has 4 aromatic rings. The normalized spacial score (nSPS) is 10.9. The predicted octanol–water partition coefficient (Wildman–Crippen LogP) is 2.24. The van der Waals surface area contributed by atoms with Crippen molar-refractivity contribution in [1.29, 1.82) is 0 Å². The number of carbonyl (C=O) groups is 1. The summed E-state index contributed by atoms with van der Waals surface area (Å²) in [5.74, 6) is -0.324. The molecule has 4 rings (SSSR count). The highest BCUT2D eigenvalue weighted by molar-refractivity contribution is 5.99. The smallest absolute Gasteiger partial charge is 0.306 e. The van der Waals surface area contributed by atoms with E-state index in [9.17, 15) is 14.9 Å². The Morgan fingerprint density at radius 1 is 1.17 bits per heavy atom. The summed E-state index contributed by atoms with van der Waals surface area (Å²) in [5.41, 5.74) is 3.67. The number of fused-ring (bicyclic) bond motifs is 1. The SMILES string of the molecule is Cc1ccc(-c2ccnc3c(C(=O)NCCn4cc([N+](=O)[O-])cn4)cnn23)cc1. The Labute approximate surface area is 165 Å². The Kier molecular flexibility index (Phi) is 4.73. The number of rotatable bonds is 6. The Morgan fingerprint density at radius 3 is 2.69 bits per heavy atom. The lowest BCUT2D eigenvalue weighted by Crippen LogP contribution is -2.27. The van der Waals surface area contributed by atoms with Gasteiger partial charge >= 0.3 is 5.69 Å². The summed E-state index contributed by atoms with van der Waals surface area (Å²) in [4.78, 5) is 27.0. The third kappa shape index (κ3) is 3.68. The lowest BCUT2D eigenvalue weighted by molar-refractivity contribution is -0.385. The minimum atomic E-state index is -0.515. The van der Waals surface area contributed by atoms with Crippen LogP contribution in [0.25, 0.3) is 16.9 Å². The number of aryl methyl sites for hydroxylation is 1. The summed E-state index contributed by atoms with van der Waals surface area (Å²) < 4.78 is 3.04. The molecule has 1 aromatic carbocycles. The van der Waals surface area contributed by atoms with Crippen molar-refractivity contribution < 1.29 is 9.72 Å². The van der Waals surface area contributed by atoms with Crippen molar-refractivity contribution in [3.8, 4) is 11.3 Å². The van der Waals surface area contributed by atoms with Gasteiger partial charge in [-0.1, -0.05) is 29.8 Å². The van der Waals surface area contributed by atoms with Gasteiger partial charge in [-0.3, -0.25) is 19.6 Å². The number of hydrogen-bond acceptors (Lipinski definition) is 6. The molecule has 0 atom stereocenters. The third-order valence-electron chi connectivity index (χ3n) is 4.45. The number of nitrogens with zero attached hydrogens (tertiary/aromatic N) is 6. The summed E-state index contributed by atoms with van der Waals surface area (Å²) >= 11 is 0. The first-order chi connectivity index (χ1) is 14.0. The van der Waals surface area contributed by atoms with Crippen LogP contribution in [0.15, 0.2) is 55.1 Å². The first kappa shape index (κ1) is 18.3. The molecule has 0 aliphatic rings. The molecule has 146 valence electrons. The lowest BCUT2D eigenvalue weighted by atomic mass is 10.1. The molecule has 0 fully saturated rings. The number of aromatic nitrogens is 5. The fourth-order valence-electron chi connectivity index (χ4n) is 2.94. The van der Waals surface area contributed by atoms with Gasteiger partial charge in [-0.2, -0.15) is 10.2 Å². The zero-order chi connectivity index (χ0) is 20.4. The van der Waals surface area contributed by atoms with Crippen LogP contribution in [0.3, 0.4) is 0 Å². The molecule has 0 spiro atoms. The lowest BCUT2D eigenvalue weighted by Gasteiger charge is -2.06. The van der Waals surface area contributed by atoms with Crippen molar-refractivity contribution in [1.82, 2.24) is 29.7 Å². The molecule has 0 aliphatic heterocycles. The minimum Gasteiger partial charge on any atom is -0.350 e. The summed E-state index contributed by atoms with van der Waals surface area (Å²) in [5, 5.41) is 21.7. The van der Waals surface area contributed by atoms with Gasteiger partial charge in [0.15, 0.2) is 5.65 Å². The first-order valence-electron chi connectivity index (χ1n) is 8.88. The summed E-state index contributed by atoms with van der Waals surface area (Å²) in [6.45, 7) is 2.58. The maximum atomic E-state index is 12.6. The zero-order valence-electron chi connectivity index (χ0n) is 15.5. The number of amides is 1. The average molecular weight is 391 g/mol. The van der Waals surface area contributed by atoms with Gasteiger partial charge in [-0.05, 0) is 13.0 Å². The highest BCUT2D eigenvalue weighted by atomic mass is 16.6. The van der Waals surface area contributed by atoms with E-state index >= 15 is 0 Å². The van der Waals surface area contributed by atoms with E-state index in [1.807, 2.05) is 37.3 Å². The molecule has 10 nitrogen and oxygen atoms in total. The number of nitrogens with one attached hydrogen (secondary N) is 1. The highest BCUT2D eigenvalue weighted by Gasteiger charge is 2.16. The summed E-state index contributed by atoms with van der Waals surface area (Å²) in [6, 6.07) is 9.86. The molecule has 0 bridgehead atoms. The fourth-order valence-corrected chi connectivity index (χ4v) is 2.94. The molecule has 0 saturated heterocycles. The Morgan fingerprint density at radius 2 is 1.97 bits per heavy atom. The largest absolute Gasteiger partial charge is 0.350 e. The number of benzene rings is 1. The van der Waals surface area contributed by atoms with Gasteiger partial charge in [-0.25, -0.2) is 9.50 Å². The van der Waals surface area contributed by atoms with Crippen LogP contribution in [0.5, 0.6) is 0 Å². The van der Waals surface area contributed by atoms with Crippen LogP contribution in [0.4, 0.5) is 5.69 Å². The van der Waals surface area contributed by atoms with Crippen molar-refractivity contribution in [3.05, 3.63) is 76.4 Å². The molecule has 10 heteroatoms. The van der Waals surface area contributed by atoms with Gasteiger partial charge in [-0.15, -0.1) is 0 Å². The van der Waals surface area contributed by atoms with Crippen LogP contribution in [0, 0.1) is 17.0 Å². The van der Waals surface area contributed by atoms with E-state index < -0.39 is 4.92 Å². The van der Waals surface area contributed by atoms with Gasteiger partial charge in [0.25, 0.3) is 5.91 Å². The van der Waals surface area contributed by atoms with E-state index in [0.29, 0.717) is 17.8 Å². The Hall–Kier alpha value is -4.08. The quantitative estimate of drug-likeness (QED) is 0.397. The second-order valence-electron chi connectivity index (χ2n) is 6.46. The van der Waals surface area contributed by atoms with Crippen LogP contribution in [0.1, 0.15) is 15.9 Å². The molecular formula is C19H17N7O3. The van der Waals surface area contributed by atoms with Gasteiger partial charge in [0, 0.05) is 18.3 Å². The van der Waals surface area contributed by atoms with Gasteiger partial charge in [0.1, 0.15) is 18.0 Å². The van der Waals surface area contributed by atoms with Crippen molar-refractivity contribution in [2.45, 2.75) is 13.5 Å². The number of hydrogen-bond donors (Lipinski definition) is 1. The van der Waals surface area contributed by atoms with Crippen LogP contribution < -0.4 is 5.32 Å². The van der Waals surface area contributed by atoms with Crippen molar-refractivity contribution in [2.24, 2.45) is 0 Å². The molecule has 0 saturated carbocycles. The Bertz CT molecular complexity index is 1190. The van der Waals surface area contributed by atoms with Crippen LogP contribution in [0.2, 0.25) is 0 Å². The molecule has 1 N–H and O–H groups in total. The molecular weight excluding hydrogens is 374 g/mol. The fraction of sp³-hybridized carbons (Fsp3) is 0.158. The summed E-state index contributed by atoms with van der Waals surface area (Å²) in [6.07, 6.45) is 5.61. The Balaban J connectivity index is 1.50. The van der Waals surface area contributed by atoms with E-state index in [4.69, 9.17) is 0 Å². The van der Waals surface area contributed by atoms with E-state index in [2.05, 4.69) is 20.5 Å². The predicted molar refractivity (Wildman–Crippen MR) is 104 cm³/mol. The topological polar surface area (TPSA) is 120 Å². The highest BCUT2D eigenvalue weighted by Crippen LogP contribution is 2.21. The average Bonchev–Trinajstić information content (AvgIpc) is 3.35. The first-order valence-corrected chi connectivity index (χ1v) is 8.88. The second-order valence-corrected chi connectivity index (χ2v) is 6.46. The summed E-state index contributed by atoms with van der Waals surface area (Å²) in [7, 11) is 0. The minimum absolute atomic E-state index is 0.0909. The third-order valence-corrected chi connectivity index (χ3v) is 4.45. The van der Waals surface area contributed by atoms with Crippen molar-refractivity contribution in [3.63, 3.8) is 0 Å². The maximum absolute atomic E-state index is 12.6. The van der Waals surface area contributed by atoms with Gasteiger partial charge in [0.05, 0.1) is 23.4 Å². The molecule has 3 aromatic heterocycles. The van der Waals surface area contributed by atoms with Crippen molar-refractivity contribution in [2.75, 3.05) is 6.54 Å². The van der Waals surface area contributed by atoms with Gasteiger partial charge < -0.3 is 5.32 Å².